The molecule has 0 aliphatic carbocycles. The summed E-state index contributed by atoms with van der Waals surface area (Å²) in [5.74, 6) is -2.03. The zero-order valence-corrected chi connectivity index (χ0v) is 15.4. The molecular formula is C16H27N3O6S. The number of aliphatic carboxylic acids is 3. The van der Waals surface area contributed by atoms with E-state index in [1.807, 2.05) is 36.6 Å². The Morgan fingerprint density at radius 2 is 1.46 bits per heavy atom. The smallest absolute Gasteiger partial charge is 0.320 e. The Bertz CT molecular complexity index is 530. The van der Waals surface area contributed by atoms with Crippen molar-refractivity contribution >= 4 is 29.7 Å². The zero-order valence-electron chi connectivity index (χ0n) is 14.6. The van der Waals surface area contributed by atoms with Crippen LogP contribution in [0.25, 0.3) is 0 Å². The van der Waals surface area contributed by atoms with Crippen molar-refractivity contribution in [3.63, 3.8) is 0 Å². The highest BCUT2D eigenvalue weighted by molar-refractivity contribution is 7.98. The second-order valence-corrected chi connectivity index (χ2v) is 5.94. The van der Waals surface area contributed by atoms with Crippen LogP contribution in [-0.4, -0.2) is 63.9 Å². The van der Waals surface area contributed by atoms with E-state index in [-0.39, 0.29) is 6.54 Å². The highest BCUT2D eigenvalue weighted by atomic mass is 32.2. The van der Waals surface area contributed by atoms with E-state index < -0.39 is 30.0 Å². The summed E-state index contributed by atoms with van der Waals surface area (Å²) in [7, 11) is 0. The molecule has 10 heteroatoms. The monoisotopic (exact) mass is 389 g/mol. The molecule has 0 aliphatic rings. The average molecular weight is 389 g/mol. The average Bonchev–Trinajstić information content (AvgIpc) is 2.61. The molecule has 0 heterocycles. The van der Waals surface area contributed by atoms with Crippen molar-refractivity contribution < 1.29 is 29.7 Å². The van der Waals surface area contributed by atoms with E-state index in [2.05, 4.69) is 5.73 Å². The quantitative estimate of drug-likeness (QED) is 0.348. The number of carboxylic acids is 3. The molecule has 1 rings (SSSR count). The highest BCUT2D eigenvalue weighted by Gasteiger charge is 2.11. The van der Waals surface area contributed by atoms with Gasteiger partial charge in [-0.05, 0) is 30.4 Å². The van der Waals surface area contributed by atoms with Gasteiger partial charge in [-0.2, -0.15) is 11.8 Å². The van der Waals surface area contributed by atoms with Gasteiger partial charge in [0.1, 0.15) is 12.1 Å². The van der Waals surface area contributed by atoms with Crippen LogP contribution in [0.15, 0.2) is 30.3 Å². The molecule has 0 radical (unpaired) electrons. The first-order valence-corrected chi connectivity index (χ1v) is 8.96. The minimum atomic E-state index is -0.968. The first kappa shape index (κ1) is 26.1. The molecule has 0 saturated heterocycles. The molecule has 2 atom stereocenters. The van der Waals surface area contributed by atoms with E-state index in [4.69, 9.17) is 26.8 Å². The molecule has 9 N–H and O–H groups in total. The van der Waals surface area contributed by atoms with E-state index in [1.165, 1.54) is 0 Å². The van der Waals surface area contributed by atoms with Gasteiger partial charge in [-0.3, -0.25) is 14.4 Å². The summed E-state index contributed by atoms with van der Waals surface area (Å²) in [5.41, 5.74) is 16.1. The number of hydrogen-bond acceptors (Lipinski definition) is 7. The third kappa shape index (κ3) is 16.7. The molecule has 0 spiro atoms. The minimum Gasteiger partial charge on any atom is -0.480 e. The Hall–Kier alpha value is -2.14. The Balaban J connectivity index is 0. The number of hydrogen-bond donors (Lipinski definition) is 6. The van der Waals surface area contributed by atoms with Crippen molar-refractivity contribution in [1.82, 2.24) is 0 Å². The van der Waals surface area contributed by atoms with E-state index in [0.29, 0.717) is 12.8 Å². The number of rotatable bonds is 8. The summed E-state index contributed by atoms with van der Waals surface area (Å²) in [6.07, 6.45) is 2.86. The molecule has 0 saturated carbocycles. The van der Waals surface area contributed by atoms with Crippen molar-refractivity contribution in [2.45, 2.75) is 24.9 Å². The van der Waals surface area contributed by atoms with Crippen molar-refractivity contribution in [2.24, 2.45) is 17.2 Å². The summed E-state index contributed by atoms with van der Waals surface area (Å²) >= 11 is 1.60. The molecule has 148 valence electrons. The second kappa shape index (κ2) is 16.3. The van der Waals surface area contributed by atoms with Gasteiger partial charge in [0, 0.05) is 0 Å². The Morgan fingerprint density at radius 3 is 1.81 bits per heavy atom. The van der Waals surface area contributed by atoms with Gasteiger partial charge in [0.2, 0.25) is 0 Å². The summed E-state index contributed by atoms with van der Waals surface area (Å²) in [4.78, 5) is 29.7. The first-order chi connectivity index (χ1) is 12.1. The molecular weight excluding hydrogens is 362 g/mol. The molecule has 0 bridgehead atoms. The van der Waals surface area contributed by atoms with E-state index in [0.717, 1.165) is 11.3 Å². The molecule has 2 unspecified atom stereocenters. The molecule has 0 aliphatic heterocycles. The van der Waals surface area contributed by atoms with Crippen molar-refractivity contribution in [3.05, 3.63) is 35.9 Å². The lowest BCUT2D eigenvalue weighted by molar-refractivity contribution is -0.139. The molecule has 9 nitrogen and oxygen atoms in total. The van der Waals surface area contributed by atoms with Crippen LogP contribution in [0, 0.1) is 0 Å². The molecule has 0 aromatic heterocycles. The number of nitrogens with two attached hydrogens (primary N) is 3. The maximum absolute atomic E-state index is 10.4. The van der Waals surface area contributed by atoms with Crippen molar-refractivity contribution in [1.29, 1.82) is 0 Å². The summed E-state index contributed by atoms with van der Waals surface area (Å²) < 4.78 is 0. The molecule has 1 aromatic carbocycles. The predicted molar refractivity (Wildman–Crippen MR) is 101 cm³/mol. The van der Waals surface area contributed by atoms with Crippen LogP contribution >= 0.6 is 11.8 Å². The second-order valence-electron chi connectivity index (χ2n) is 4.96. The van der Waals surface area contributed by atoms with Gasteiger partial charge in [0.05, 0.1) is 6.54 Å². The normalized spacial score (nSPS) is 11.7. The van der Waals surface area contributed by atoms with Gasteiger partial charge in [0.15, 0.2) is 0 Å². The summed E-state index contributed by atoms with van der Waals surface area (Å²) in [5, 5.41) is 24.4. The lowest BCUT2D eigenvalue weighted by Gasteiger charge is -2.04. The number of carboxylic acid groups (broad SMARTS) is 3. The van der Waals surface area contributed by atoms with Crippen LogP contribution in [0.3, 0.4) is 0 Å². The minimum absolute atomic E-state index is 0.278. The fourth-order valence-electron chi connectivity index (χ4n) is 1.32. The molecule has 0 amide bonds. The van der Waals surface area contributed by atoms with E-state index in [1.54, 1.807) is 11.8 Å². The Kier molecular flexibility index (Phi) is 16.4. The highest BCUT2D eigenvalue weighted by Crippen LogP contribution is 2.01. The fourth-order valence-corrected chi connectivity index (χ4v) is 1.81. The Labute approximate surface area is 156 Å². The van der Waals surface area contributed by atoms with Crippen LogP contribution < -0.4 is 17.2 Å². The SMILES string of the molecule is CSCCC(N)C(=O)O.NC(Cc1ccccc1)C(=O)O.NCC(=O)O. The first-order valence-electron chi connectivity index (χ1n) is 7.57. The standard InChI is InChI=1S/C9H11NO2.C5H11NO2S.C2H5NO2/c10-8(9(11)12)6-7-4-2-1-3-5-7;1-9-3-2-4(6)5(7)8;3-1-2(4)5/h1-5,8H,6,10H2,(H,11,12);4H,2-3,6H2,1H3,(H,7,8);1,3H2,(H,4,5). The largest absolute Gasteiger partial charge is 0.480 e. The third-order valence-corrected chi connectivity index (χ3v) is 3.38. The fraction of sp³-hybridized carbons (Fsp3) is 0.438. The van der Waals surface area contributed by atoms with Gasteiger partial charge >= 0.3 is 17.9 Å². The lowest BCUT2D eigenvalue weighted by atomic mass is 10.1. The third-order valence-electron chi connectivity index (χ3n) is 2.74. The molecule has 26 heavy (non-hydrogen) atoms. The van der Waals surface area contributed by atoms with E-state index in [9.17, 15) is 14.4 Å². The maximum Gasteiger partial charge on any atom is 0.320 e. The van der Waals surface area contributed by atoms with Crippen LogP contribution in [0.1, 0.15) is 12.0 Å². The van der Waals surface area contributed by atoms with Crippen LogP contribution in [0.2, 0.25) is 0 Å². The van der Waals surface area contributed by atoms with Crippen LogP contribution in [0.4, 0.5) is 0 Å². The van der Waals surface area contributed by atoms with Gasteiger partial charge in [-0.25, -0.2) is 0 Å². The number of benzene rings is 1. The molecule has 1 aromatic rings. The van der Waals surface area contributed by atoms with E-state index >= 15 is 0 Å². The zero-order chi connectivity index (χ0) is 20.5. The topological polar surface area (TPSA) is 190 Å². The van der Waals surface area contributed by atoms with Crippen molar-refractivity contribution in [3.8, 4) is 0 Å². The van der Waals surface area contributed by atoms with Gasteiger partial charge in [0.25, 0.3) is 0 Å². The predicted octanol–water partition coefficient (Wildman–Crippen LogP) is -0.178. The van der Waals surface area contributed by atoms with Gasteiger partial charge in [-0.1, -0.05) is 30.3 Å². The lowest BCUT2D eigenvalue weighted by Crippen LogP contribution is -2.32. The number of carbonyl (C=O) groups is 3. The van der Waals surface area contributed by atoms with Crippen LogP contribution in [0.5, 0.6) is 0 Å². The maximum atomic E-state index is 10.4. The van der Waals surface area contributed by atoms with Crippen LogP contribution in [-0.2, 0) is 20.8 Å². The van der Waals surface area contributed by atoms with Gasteiger partial charge < -0.3 is 32.5 Å². The Morgan fingerprint density at radius 1 is 1.00 bits per heavy atom. The van der Waals surface area contributed by atoms with Crippen molar-refractivity contribution in [2.75, 3.05) is 18.6 Å². The summed E-state index contributed by atoms with van der Waals surface area (Å²) in [6, 6.07) is 7.86. The molecule has 0 fully saturated rings. The van der Waals surface area contributed by atoms with Gasteiger partial charge in [-0.15, -0.1) is 0 Å². The number of thioether (sulfide) groups is 1. The summed E-state index contributed by atoms with van der Waals surface area (Å²) in [6.45, 7) is -0.278.